The van der Waals surface area contributed by atoms with E-state index in [4.69, 9.17) is 14.2 Å². The molecule has 0 aliphatic carbocycles. The van der Waals surface area contributed by atoms with E-state index in [2.05, 4.69) is 179 Å². The number of hydrogen-bond donors (Lipinski definition) is 0. The summed E-state index contributed by atoms with van der Waals surface area (Å²) in [4.78, 5) is 38.0. The van der Waals surface area contributed by atoms with Crippen LogP contribution in [0, 0.1) is 0 Å². The van der Waals surface area contributed by atoms with Crippen molar-refractivity contribution in [2.75, 3.05) is 13.2 Å². The van der Waals surface area contributed by atoms with Crippen molar-refractivity contribution in [1.29, 1.82) is 0 Å². The van der Waals surface area contributed by atoms with Gasteiger partial charge in [0.05, 0.1) is 0 Å². The van der Waals surface area contributed by atoms with Crippen LogP contribution < -0.4 is 0 Å². The predicted molar refractivity (Wildman–Crippen MR) is 297 cm³/mol. The minimum atomic E-state index is -0.831. The standard InChI is InChI=1S/C63H96O6/c1-4-7-10-13-16-19-22-25-27-28-29-30-31-32-33-34-36-38-41-44-47-50-53-56-62(65)68-59-60(58-67-61(64)55-52-49-46-43-40-37-24-21-18-15-12-9-6-3)69-63(66)57-54-51-48-45-42-39-35-26-23-20-17-14-11-8-5-2/h7-12,16-21,25-27,29-30,32-33,35-38,40,42,45,60H,4-6,13-15,22-24,28,31,34,39,41,43-44,46-59H2,1-3H3/b10-7-,11-8-,12-9-,19-16-,20-17-,21-18-,27-25-,30-29-,33-32-,35-26-,38-36-,40-37-,45-42-. The predicted octanol–water partition coefficient (Wildman–Crippen LogP) is 18.2. The summed E-state index contributed by atoms with van der Waals surface area (Å²) in [6.07, 6.45) is 80.9. The third-order valence-electron chi connectivity index (χ3n) is 10.5. The summed E-state index contributed by atoms with van der Waals surface area (Å²) in [5.74, 6) is -1.03. The summed E-state index contributed by atoms with van der Waals surface area (Å²) >= 11 is 0. The molecule has 0 fully saturated rings. The van der Waals surface area contributed by atoms with Crippen LogP contribution in [0.25, 0.3) is 0 Å². The second-order valence-electron chi connectivity index (χ2n) is 17.0. The van der Waals surface area contributed by atoms with E-state index < -0.39 is 6.10 Å². The first-order chi connectivity index (χ1) is 34.0. The highest BCUT2D eigenvalue weighted by molar-refractivity contribution is 5.71. The number of esters is 3. The second-order valence-corrected chi connectivity index (χ2v) is 17.0. The Morgan fingerprint density at radius 2 is 0.522 bits per heavy atom. The minimum absolute atomic E-state index is 0.126. The molecular formula is C63H96O6. The van der Waals surface area contributed by atoms with Crippen LogP contribution in [-0.2, 0) is 28.6 Å². The first-order valence-corrected chi connectivity index (χ1v) is 27.0. The van der Waals surface area contributed by atoms with Gasteiger partial charge < -0.3 is 14.2 Å². The molecule has 0 N–H and O–H groups in total. The lowest BCUT2D eigenvalue weighted by Gasteiger charge is -2.18. The van der Waals surface area contributed by atoms with Gasteiger partial charge in [-0.05, 0) is 141 Å². The Hall–Kier alpha value is -4.97. The van der Waals surface area contributed by atoms with E-state index in [1.165, 1.54) is 0 Å². The van der Waals surface area contributed by atoms with Crippen molar-refractivity contribution in [1.82, 2.24) is 0 Å². The van der Waals surface area contributed by atoms with Crippen LogP contribution in [0.4, 0.5) is 0 Å². The van der Waals surface area contributed by atoms with Gasteiger partial charge in [0.15, 0.2) is 6.10 Å². The zero-order valence-corrected chi connectivity index (χ0v) is 43.8. The number of carbonyl (C=O) groups excluding carboxylic acids is 3. The van der Waals surface area contributed by atoms with Gasteiger partial charge in [0.2, 0.25) is 0 Å². The maximum absolute atomic E-state index is 12.8. The largest absolute Gasteiger partial charge is 0.462 e. The fourth-order valence-corrected chi connectivity index (χ4v) is 6.57. The molecule has 0 aromatic heterocycles. The lowest BCUT2D eigenvalue weighted by molar-refractivity contribution is -0.167. The van der Waals surface area contributed by atoms with Crippen LogP contribution in [0.3, 0.4) is 0 Å². The molecule has 0 saturated carbocycles. The van der Waals surface area contributed by atoms with Crippen molar-refractivity contribution in [3.63, 3.8) is 0 Å². The van der Waals surface area contributed by atoms with Gasteiger partial charge in [0.25, 0.3) is 0 Å². The Bertz CT molecular complexity index is 1610. The molecule has 0 heterocycles. The summed E-state index contributed by atoms with van der Waals surface area (Å²) in [6.45, 7) is 6.18. The summed E-state index contributed by atoms with van der Waals surface area (Å²) in [7, 11) is 0. The van der Waals surface area contributed by atoms with Gasteiger partial charge in [-0.1, -0.05) is 198 Å². The molecule has 1 unspecified atom stereocenters. The molecule has 0 bridgehead atoms. The molecule has 384 valence electrons. The average molecular weight is 949 g/mol. The van der Waals surface area contributed by atoms with E-state index in [9.17, 15) is 14.4 Å². The molecule has 0 aromatic carbocycles. The van der Waals surface area contributed by atoms with Gasteiger partial charge in [-0.3, -0.25) is 14.4 Å². The summed E-state index contributed by atoms with van der Waals surface area (Å²) in [5, 5.41) is 0. The molecule has 0 radical (unpaired) electrons. The summed E-state index contributed by atoms with van der Waals surface area (Å²) in [5.41, 5.74) is 0. The van der Waals surface area contributed by atoms with Crippen LogP contribution in [-0.4, -0.2) is 37.2 Å². The number of hydrogen-bond acceptors (Lipinski definition) is 6. The topological polar surface area (TPSA) is 78.9 Å². The van der Waals surface area contributed by atoms with Crippen LogP contribution in [0.15, 0.2) is 158 Å². The third kappa shape index (κ3) is 53.8. The smallest absolute Gasteiger partial charge is 0.306 e. The molecule has 6 nitrogen and oxygen atoms in total. The molecule has 0 aliphatic rings. The summed E-state index contributed by atoms with van der Waals surface area (Å²) in [6, 6.07) is 0. The maximum atomic E-state index is 12.8. The lowest BCUT2D eigenvalue weighted by atomic mass is 10.1. The van der Waals surface area contributed by atoms with Gasteiger partial charge in [0.1, 0.15) is 13.2 Å². The van der Waals surface area contributed by atoms with Gasteiger partial charge in [-0.2, -0.15) is 0 Å². The number of carbonyl (C=O) groups is 3. The lowest BCUT2D eigenvalue weighted by Crippen LogP contribution is -2.30. The third-order valence-corrected chi connectivity index (χ3v) is 10.5. The normalized spacial score (nSPS) is 13.4. The van der Waals surface area contributed by atoms with Gasteiger partial charge in [-0.15, -0.1) is 0 Å². The molecule has 0 rings (SSSR count). The fraction of sp³-hybridized carbons (Fsp3) is 0.540. The van der Waals surface area contributed by atoms with E-state index in [1.54, 1.807) is 0 Å². The Morgan fingerprint density at radius 3 is 0.841 bits per heavy atom. The van der Waals surface area contributed by atoms with Crippen molar-refractivity contribution in [2.24, 2.45) is 0 Å². The molecule has 1 atom stereocenters. The van der Waals surface area contributed by atoms with Crippen molar-refractivity contribution in [2.45, 2.75) is 207 Å². The van der Waals surface area contributed by atoms with E-state index in [0.29, 0.717) is 19.3 Å². The Labute approximate surface area is 422 Å². The molecule has 6 heteroatoms. The van der Waals surface area contributed by atoms with Crippen molar-refractivity contribution >= 4 is 17.9 Å². The summed E-state index contributed by atoms with van der Waals surface area (Å²) < 4.78 is 16.7. The van der Waals surface area contributed by atoms with Crippen molar-refractivity contribution < 1.29 is 28.6 Å². The molecule has 69 heavy (non-hydrogen) atoms. The van der Waals surface area contributed by atoms with Crippen LogP contribution in [0.1, 0.15) is 201 Å². The highest BCUT2D eigenvalue weighted by Gasteiger charge is 2.19. The number of unbranched alkanes of at least 4 members (excludes halogenated alkanes) is 9. The van der Waals surface area contributed by atoms with E-state index in [0.717, 1.165) is 154 Å². The van der Waals surface area contributed by atoms with Gasteiger partial charge in [0, 0.05) is 19.3 Å². The van der Waals surface area contributed by atoms with E-state index in [1.807, 2.05) is 0 Å². The fourth-order valence-electron chi connectivity index (χ4n) is 6.57. The molecule has 0 spiro atoms. The quantitative estimate of drug-likeness (QED) is 0.0262. The molecule has 0 amide bonds. The van der Waals surface area contributed by atoms with Gasteiger partial charge >= 0.3 is 17.9 Å². The van der Waals surface area contributed by atoms with Crippen LogP contribution in [0.2, 0.25) is 0 Å². The number of allylic oxidation sites excluding steroid dienone is 26. The zero-order valence-electron chi connectivity index (χ0n) is 43.8. The van der Waals surface area contributed by atoms with Crippen LogP contribution >= 0.6 is 0 Å². The molecule has 0 saturated heterocycles. The average Bonchev–Trinajstić information content (AvgIpc) is 3.35. The van der Waals surface area contributed by atoms with Crippen LogP contribution in [0.5, 0.6) is 0 Å². The highest BCUT2D eigenvalue weighted by Crippen LogP contribution is 2.11. The minimum Gasteiger partial charge on any atom is -0.462 e. The first kappa shape index (κ1) is 64.0. The monoisotopic (exact) mass is 949 g/mol. The second kappa shape index (κ2) is 55.6. The highest BCUT2D eigenvalue weighted by atomic mass is 16.6. The van der Waals surface area contributed by atoms with E-state index >= 15 is 0 Å². The van der Waals surface area contributed by atoms with E-state index in [-0.39, 0.29) is 37.5 Å². The Kier molecular flexibility index (Phi) is 51.6. The Morgan fingerprint density at radius 1 is 0.290 bits per heavy atom. The SMILES string of the molecule is CC/C=C\C/C=C\C/C=C\C/C=C\C/C=C\C/C=C\CCCCCCC(=O)OCC(COC(=O)CCCCC/C=C\C/C=C\C/C=C\CC)OC(=O)CCCC/C=C\C/C=C\C/C=C\C/C=C\CC. The number of ether oxygens (including phenoxy) is 3. The zero-order chi connectivity index (χ0) is 50.0. The maximum Gasteiger partial charge on any atom is 0.306 e. The molecular weight excluding hydrogens is 853 g/mol. The first-order valence-electron chi connectivity index (χ1n) is 27.0. The Balaban J connectivity index is 4.53. The number of rotatable bonds is 46. The van der Waals surface area contributed by atoms with Gasteiger partial charge in [-0.25, -0.2) is 0 Å². The molecule has 0 aromatic rings. The molecule has 0 aliphatic heterocycles. The van der Waals surface area contributed by atoms with Crippen molar-refractivity contribution in [3.05, 3.63) is 158 Å². The van der Waals surface area contributed by atoms with Crippen molar-refractivity contribution in [3.8, 4) is 0 Å².